The van der Waals surface area contributed by atoms with E-state index in [0.29, 0.717) is 5.82 Å². The van der Waals surface area contributed by atoms with Crippen molar-refractivity contribution in [2.75, 3.05) is 12.3 Å². The minimum absolute atomic E-state index is 0.170. The summed E-state index contributed by atoms with van der Waals surface area (Å²) in [6.45, 7) is -0.170. The molecule has 0 amide bonds. The first kappa shape index (κ1) is 9.44. The summed E-state index contributed by atoms with van der Waals surface area (Å²) in [5.74, 6) is 5.84. The van der Waals surface area contributed by atoms with Crippen LogP contribution in [-0.4, -0.2) is 21.7 Å². The number of rotatable bonds is 0. The van der Waals surface area contributed by atoms with Gasteiger partial charge in [0.15, 0.2) is 0 Å². The van der Waals surface area contributed by atoms with Gasteiger partial charge in [-0.15, -0.1) is 0 Å². The predicted octanol–water partition coefficient (Wildman–Crippen LogP) is 0.556. The SMILES string of the molecule is Nc1ncc(C#CCO)c2ccncc12. The number of aliphatic hydroxyl groups is 1. The van der Waals surface area contributed by atoms with E-state index in [4.69, 9.17) is 10.8 Å². The number of nitrogen functional groups attached to an aromatic ring is 1. The zero-order valence-electron chi connectivity index (χ0n) is 7.94. The van der Waals surface area contributed by atoms with Gasteiger partial charge in [-0.1, -0.05) is 11.8 Å². The van der Waals surface area contributed by atoms with Crippen LogP contribution in [0.15, 0.2) is 24.7 Å². The Hall–Kier alpha value is -2.12. The summed E-state index contributed by atoms with van der Waals surface area (Å²) >= 11 is 0. The topological polar surface area (TPSA) is 72.0 Å². The molecule has 0 aliphatic rings. The zero-order chi connectivity index (χ0) is 10.7. The third-order valence-electron chi connectivity index (χ3n) is 2.02. The molecule has 0 fully saturated rings. The average Bonchev–Trinajstić information content (AvgIpc) is 2.29. The third kappa shape index (κ3) is 1.73. The molecule has 2 aromatic rings. The van der Waals surface area contributed by atoms with Crippen LogP contribution in [0.5, 0.6) is 0 Å². The molecule has 2 rings (SSSR count). The fourth-order valence-electron chi connectivity index (χ4n) is 1.34. The highest BCUT2D eigenvalue weighted by molar-refractivity contribution is 5.94. The van der Waals surface area contributed by atoms with E-state index in [0.717, 1.165) is 16.3 Å². The Morgan fingerprint density at radius 2 is 2.20 bits per heavy atom. The number of aromatic nitrogens is 2. The number of nitrogens with two attached hydrogens (primary N) is 1. The molecule has 74 valence electrons. The molecule has 0 bridgehead atoms. The molecule has 3 N–H and O–H groups in total. The van der Waals surface area contributed by atoms with Gasteiger partial charge in [-0.25, -0.2) is 4.98 Å². The van der Waals surface area contributed by atoms with Crippen LogP contribution < -0.4 is 5.73 Å². The highest BCUT2D eigenvalue weighted by atomic mass is 16.2. The van der Waals surface area contributed by atoms with Crippen LogP contribution >= 0.6 is 0 Å². The van der Waals surface area contributed by atoms with Crippen LogP contribution in [-0.2, 0) is 0 Å². The van der Waals surface area contributed by atoms with Gasteiger partial charge in [0, 0.05) is 29.4 Å². The van der Waals surface area contributed by atoms with Crippen molar-refractivity contribution in [1.29, 1.82) is 0 Å². The lowest BCUT2D eigenvalue weighted by atomic mass is 10.1. The summed E-state index contributed by atoms with van der Waals surface area (Å²) in [5.41, 5.74) is 6.45. The molecule has 4 nitrogen and oxygen atoms in total. The van der Waals surface area contributed by atoms with Crippen molar-refractivity contribution in [3.05, 3.63) is 30.2 Å². The van der Waals surface area contributed by atoms with Gasteiger partial charge in [0.25, 0.3) is 0 Å². The fraction of sp³-hybridized carbons (Fsp3) is 0.0909. The first-order valence-electron chi connectivity index (χ1n) is 4.41. The maximum absolute atomic E-state index is 8.62. The van der Waals surface area contributed by atoms with E-state index < -0.39 is 0 Å². The summed E-state index contributed by atoms with van der Waals surface area (Å²) < 4.78 is 0. The lowest BCUT2D eigenvalue weighted by Gasteiger charge is -2.01. The number of pyridine rings is 2. The van der Waals surface area contributed by atoms with Gasteiger partial charge in [-0.2, -0.15) is 0 Å². The molecule has 0 aliphatic carbocycles. The van der Waals surface area contributed by atoms with Crippen molar-refractivity contribution in [2.45, 2.75) is 0 Å². The summed E-state index contributed by atoms with van der Waals surface area (Å²) in [7, 11) is 0. The van der Waals surface area contributed by atoms with Crippen molar-refractivity contribution in [2.24, 2.45) is 0 Å². The highest BCUT2D eigenvalue weighted by Crippen LogP contribution is 2.20. The van der Waals surface area contributed by atoms with Gasteiger partial charge in [0.1, 0.15) is 12.4 Å². The molecule has 0 spiro atoms. The van der Waals surface area contributed by atoms with E-state index in [1.165, 1.54) is 0 Å². The second-order valence-electron chi connectivity index (χ2n) is 2.94. The van der Waals surface area contributed by atoms with Crippen molar-refractivity contribution in [3.8, 4) is 11.8 Å². The summed E-state index contributed by atoms with van der Waals surface area (Å²) in [6, 6.07) is 1.83. The van der Waals surface area contributed by atoms with Crippen LogP contribution in [0.1, 0.15) is 5.56 Å². The molecular formula is C11H9N3O. The largest absolute Gasteiger partial charge is 0.384 e. The van der Waals surface area contributed by atoms with E-state index in [9.17, 15) is 0 Å². The molecule has 0 atom stereocenters. The molecule has 2 aromatic heterocycles. The molecule has 0 aromatic carbocycles. The zero-order valence-corrected chi connectivity index (χ0v) is 7.94. The lowest BCUT2D eigenvalue weighted by molar-refractivity contribution is 0.350. The number of hydrogen-bond acceptors (Lipinski definition) is 4. The molecule has 4 heteroatoms. The van der Waals surface area contributed by atoms with Crippen molar-refractivity contribution in [3.63, 3.8) is 0 Å². The summed E-state index contributed by atoms with van der Waals surface area (Å²) in [5, 5.41) is 10.3. The standard InChI is InChI=1S/C11H9N3O/c12-11-10-7-13-4-3-9(10)8(6-14-11)2-1-5-15/h3-4,6-7,15H,5H2,(H2,12,14). The van der Waals surface area contributed by atoms with Gasteiger partial charge in [-0.05, 0) is 6.07 Å². The molecule has 15 heavy (non-hydrogen) atoms. The van der Waals surface area contributed by atoms with E-state index >= 15 is 0 Å². The maximum Gasteiger partial charge on any atom is 0.132 e. The van der Waals surface area contributed by atoms with E-state index in [1.54, 1.807) is 18.6 Å². The average molecular weight is 199 g/mol. The van der Waals surface area contributed by atoms with Gasteiger partial charge < -0.3 is 10.8 Å². The van der Waals surface area contributed by atoms with Crippen molar-refractivity contribution < 1.29 is 5.11 Å². The van der Waals surface area contributed by atoms with Crippen LogP contribution in [0.4, 0.5) is 5.82 Å². The van der Waals surface area contributed by atoms with Gasteiger partial charge in [-0.3, -0.25) is 4.98 Å². The number of nitrogens with zero attached hydrogens (tertiary/aromatic N) is 2. The highest BCUT2D eigenvalue weighted by Gasteiger charge is 2.02. The minimum atomic E-state index is -0.170. The number of aliphatic hydroxyl groups excluding tert-OH is 1. The minimum Gasteiger partial charge on any atom is -0.384 e. The van der Waals surface area contributed by atoms with Gasteiger partial charge in [0.05, 0.1) is 5.56 Å². The Morgan fingerprint density at radius 3 is 3.00 bits per heavy atom. The maximum atomic E-state index is 8.62. The predicted molar refractivity (Wildman–Crippen MR) is 57.9 cm³/mol. The van der Waals surface area contributed by atoms with Crippen LogP contribution in [0.25, 0.3) is 10.8 Å². The monoisotopic (exact) mass is 199 g/mol. The Bertz CT molecular complexity index is 554. The summed E-state index contributed by atoms with van der Waals surface area (Å²) in [6.07, 6.45) is 4.92. The van der Waals surface area contributed by atoms with Crippen LogP contribution in [0.3, 0.4) is 0 Å². The first-order valence-corrected chi connectivity index (χ1v) is 4.41. The van der Waals surface area contributed by atoms with Crippen LogP contribution in [0.2, 0.25) is 0 Å². The Balaban J connectivity index is 2.72. The Morgan fingerprint density at radius 1 is 1.33 bits per heavy atom. The lowest BCUT2D eigenvalue weighted by Crippen LogP contribution is -1.94. The number of hydrogen-bond donors (Lipinski definition) is 2. The number of anilines is 1. The van der Waals surface area contributed by atoms with Gasteiger partial charge in [0.2, 0.25) is 0 Å². The normalized spacial score (nSPS) is 9.67. The molecule has 0 unspecified atom stereocenters. The van der Waals surface area contributed by atoms with E-state index in [2.05, 4.69) is 21.8 Å². The molecule has 0 aliphatic heterocycles. The van der Waals surface area contributed by atoms with Crippen molar-refractivity contribution >= 4 is 16.6 Å². The number of fused-ring (bicyclic) bond motifs is 1. The van der Waals surface area contributed by atoms with Gasteiger partial charge >= 0.3 is 0 Å². The molecule has 0 radical (unpaired) electrons. The molecule has 0 saturated heterocycles. The third-order valence-corrected chi connectivity index (χ3v) is 2.02. The molecule has 2 heterocycles. The van der Waals surface area contributed by atoms with E-state index in [1.807, 2.05) is 6.07 Å². The van der Waals surface area contributed by atoms with E-state index in [-0.39, 0.29) is 6.61 Å². The summed E-state index contributed by atoms with van der Waals surface area (Å²) in [4.78, 5) is 7.99. The molecule has 0 saturated carbocycles. The van der Waals surface area contributed by atoms with Crippen LogP contribution in [0, 0.1) is 11.8 Å². The Kier molecular flexibility index (Phi) is 2.48. The second-order valence-corrected chi connectivity index (χ2v) is 2.94. The first-order chi connectivity index (χ1) is 7.33. The van der Waals surface area contributed by atoms with Crippen molar-refractivity contribution in [1.82, 2.24) is 9.97 Å². The smallest absolute Gasteiger partial charge is 0.132 e. The quantitative estimate of drug-likeness (QED) is 0.608. The Labute approximate surface area is 86.8 Å². The fourth-order valence-corrected chi connectivity index (χ4v) is 1.34. The molecular weight excluding hydrogens is 190 g/mol. The second kappa shape index (κ2) is 3.95.